The zero-order valence-electron chi connectivity index (χ0n) is 10.2. The minimum Gasteiger partial charge on any atom is -0.389 e. The van der Waals surface area contributed by atoms with Crippen LogP contribution in [0.5, 0.6) is 0 Å². The molecule has 0 fully saturated rings. The largest absolute Gasteiger partial charge is 0.389 e. The standard InChI is InChI=1S/C10H13N3O3S2/c1-6-4-9(8(5-12-6)10(11)17)13(7(2)14)18(3,15)16/h4-5H,1-3H3,(H2,11,17). The first-order valence-electron chi connectivity index (χ1n) is 4.92. The lowest BCUT2D eigenvalue weighted by atomic mass is 10.2. The molecule has 0 saturated carbocycles. The van der Waals surface area contributed by atoms with Crippen LogP contribution in [-0.4, -0.2) is 30.6 Å². The zero-order valence-corrected chi connectivity index (χ0v) is 11.8. The van der Waals surface area contributed by atoms with Crippen molar-refractivity contribution in [2.75, 3.05) is 10.6 Å². The van der Waals surface area contributed by atoms with E-state index < -0.39 is 15.9 Å². The van der Waals surface area contributed by atoms with Gasteiger partial charge in [0.25, 0.3) is 0 Å². The number of hydrogen-bond acceptors (Lipinski definition) is 5. The maximum atomic E-state index is 11.7. The number of anilines is 1. The maximum Gasteiger partial charge on any atom is 0.238 e. The van der Waals surface area contributed by atoms with Crippen molar-refractivity contribution in [1.82, 2.24) is 4.98 Å². The predicted octanol–water partition coefficient (Wildman–Crippen LogP) is 0.337. The van der Waals surface area contributed by atoms with Crippen molar-refractivity contribution < 1.29 is 13.2 Å². The molecule has 0 atom stereocenters. The molecule has 0 aliphatic rings. The third-order valence-corrected chi connectivity index (χ3v) is 3.46. The second kappa shape index (κ2) is 4.99. The Labute approximate surface area is 111 Å². The summed E-state index contributed by atoms with van der Waals surface area (Å²) in [6.45, 7) is 2.83. The lowest BCUT2D eigenvalue weighted by molar-refractivity contribution is -0.115. The molecule has 18 heavy (non-hydrogen) atoms. The van der Waals surface area contributed by atoms with Crippen LogP contribution >= 0.6 is 12.2 Å². The number of amides is 1. The number of aryl methyl sites for hydroxylation is 1. The number of nitrogens with zero attached hydrogens (tertiary/aromatic N) is 2. The highest BCUT2D eigenvalue weighted by atomic mass is 32.2. The summed E-state index contributed by atoms with van der Waals surface area (Å²) in [6, 6.07) is 1.46. The Hall–Kier alpha value is -1.54. The third kappa shape index (κ3) is 3.02. The Morgan fingerprint density at radius 3 is 2.44 bits per heavy atom. The van der Waals surface area contributed by atoms with Gasteiger partial charge in [-0.2, -0.15) is 0 Å². The Kier molecular flexibility index (Phi) is 4.02. The van der Waals surface area contributed by atoms with Crippen LogP contribution in [0.15, 0.2) is 12.3 Å². The number of nitrogens with two attached hydrogens (primary N) is 1. The Bertz CT molecular complexity index is 611. The van der Waals surface area contributed by atoms with Crippen LogP contribution in [-0.2, 0) is 14.8 Å². The third-order valence-electron chi connectivity index (χ3n) is 2.12. The molecule has 1 aromatic heterocycles. The fourth-order valence-corrected chi connectivity index (χ4v) is 2.62. The maximum absolute atomic E-state index is 11.7. The Morgan fingerprint density at radius 2 is 2.06 bits per heavy atom. The number of aromatic nitrogens is 1. The number of rotatable bonds is 3. The van der Waals surface area contributed by atoms with Crippen molar-refractivity contribution in [2.45, 2.75) is 13.8 Å². The molecule has 0 aromatic carbocycles. The van der Waals surface area contributed by atoms with Gasteiger partial charge in [-0.1, -0.05) is 12.2 Å². The van der Waals surface area contributed by atoms with Crippen LogP contribution in [0, 0.1) is 6.92 Å². The van der Waals surface area contributed by atoms with Gasteiger partial charge >= 0.3 is 0 Å². The van der Waals surface area contributed by atoms with Crippen molar-refractivity contribution in [3.8, 4) is 0 Å². The fourth-order valence-electron chi connectivity index (χ4n) is 1.49. The molecule has 2 N–H and O–H groups in total. The summed E-state index contributed by atoms with van der Waals surface area (Å²) in [5.41, 5.74) is 6.44. The van der Waals surface area contributed by atoms with E-state index >= 15 is 0 Å². The first kappa shape index (κ1) is 14.5. The molecule has 8 heteroatoms. The van der Waals surface area contributed by atoms with Gasteiger partial charge < -0.3 is 5.73 Å². The molecule has 0 bridgehead atoms. The van der Waals surface area contributed by atoms with Crippen molar-refractivity contribution in [1.29, 1.82) is 0 Å². The topological polar surface area (TPSA) is 93.4 Å². The summed E-state index contributed by atoms with van der Waals surface area (Å²) in [7, 11) is -3.75. The van der Waals surface area contributed by atoms with E-state index in [0.29, 0.717) is 10.00 Å². The minimum absolute atomic E-state index is 0.0209. The summed E-state index contributed by atoms with van der Waals surface area (Å²) >= 11 is 4.83. The van der Waals surface area contributed by atoms with Gasteiger partial charge in [-0.25, -0.2) is 12.7 Å². The Balaban J connectivity index is 3.60. The average molecular weight is 287 g/mol. The van der Waals surface area contributed by atoms with E-state index in [1.807, 2.05) is 0 Å². The number of carbonyl (C=O) groups is 1. The molecule has 0 unspecified atom stereocenters. The van der Waals surface area contributed by atoms with Gasteiger partial charge in [0.2, 0.25) is 15.9 Å². The number of sulfonamides is 1. The number of pyridine rings is 1. The van der Waals surface area contributed by atoms with Gasteiger partial charge in [0.15, 0.2) is 0 Å². The first-order valence-corrected chi connectivity index (χ1v) is 7.17. The summed E-state index contributed by atoms with van der Waals surface area (Å²) in [5.74, 6) is -0.638. The van der Waals surface area contributed by atoms with Crippen molar-refractivity contribution in [2.24, 2.45) is 5.73 Å². The Morgan fingerprint density at radius 1 is 1.50 bits per heavy atom. The molecule has 0 aliphatic carbocycles. The van der Waals surface area contributed by atoms with E-state index in [1.165, 1.54) is 12.3 Å². The van der Waals surface area contributed by atoms with Gasteiger partial charge in [0.1, 0.15) is 4.99 Å². The van der Waals surface area contributed by atoms with E-state index in [1.54, 1.807) is 6.92 Å². The molecule has 1 aromatic rings. The molecule has 1 amide bonds. The highest BCUT2D eigenvalue weighted by Gasteiger charge is 2.25. The van der Waals surface area contributed by atoms with Crippen LogP contribution in [0.1, 0.15) is 18.2 Å². The number of carbonyl (C=O) groups excluding carboxylic acids is 1. The monoisotopic (exact) mass is 287 g/mol. The summed E-state index contributed by atoms with van der Waals surface area (Å²) in [6.07, 6.45) is 2.29. The van der Waals surface area contributed by atoms with Crippen LogP contribution in [0.25, 0.3) is 0 Å². The fraction of sp³-hybridized carbons (Fsp3) is 0.300. The summed E-state index contributed by atoms with van der Waals surface area (Å²) in [5, 5.41) is 0. The van der Waals surface area contributed by atoms with Crippen LogP contribution in [0.4, 0.5) is 5.69 Å². The van der Waals surface area contributed by atoms with Gasteiger partial charge in [0.05, 0.1) is 17.5 Å². The second-order valence-corrected chi connectivity index (χ2v) is 6.02. The lowest BCUT2D eigenvalue weighted by Crippen LogP contribution is -2.36. The molecular weight excluding hydrogens is 274 g/mol. The van der Waals surface area contributed by atoms with Crippen LogP contribution in [0.2, 0.25) is 0 Å². The lowest BCUT2D eigenvalue weighted by Gasteiger charge is -2.21. The van der Waals surface area contributed by atoms with E-state index in [2.05, 4.69) is 4.98 Å². The molecule has 1 heterocycles. The smallest absolute Gasteiger partial charge is 0.238 e. The van der Waals surface area contributed by atoms with Crippen molar-refractivity contribution >= 4 is 38.8 Å². The molecule has 0 spiro atoms. The quantitative estimate of drug-likeness (QED) is 0.806. The molecule has 98 valence electrons. The second-order valence-electron chi connectivity index (χ2n) is 3.75. The van der Waals surface area contributed by atoms with E-state index in [0.717, 1.165) is 13.2 Å². The highest BCUT2D eigenvalue weighted by Crippen LogP contribution is 2.23. The SMILES string of the molecule is CC(=O)N(c1cc(C)ncc1C(N)=S)S(C)(=O)=O. The van der Waals surface area contributed by atoms with Crippen LogP contribution < -0.4 is 10.0 Å². The molecule has 0 radical (unpaired) electrons. The highest BCUT2D eigenvalue weighted by molar-refractivity contribution is 7.92. The normalized spacial score (nSPS) is 11.1. The zero-order chi connectivity index (χ0) is 14.1. The van der Waals surface area contributed by atoms with Crippen LogP contribution in [0.3, 0.4) is 0 Å². The van der Waals surface area contributed by atoms with E-state index in [4.69, 9.17) is 18.0 Å². The summed E-state index contributed by atoms with van der Waals surface area (Å²) < 4.78 is 24.0. The van der Waals surface area contributed by atoms with Gasteiger partial charge in [-0.15, -0.1) is 0 Å². The van der Waals surface area contributed by atoms with E-state index in [-0.39, 0.29) is 16.2 Å². The van der Waals surface area contributed by atoms with Crippen molar-refractivity contribution in [3.05, 3.63) is 23.5 Å². The van der Waals surface area contributed by atoms with E-state index in [9.17, 15) is 13.2 Å². The molecule has 0 aliphatic heterocycles. The summed E-state index contributed by atoms with van der Waals surface area (Å²) in [4.78, 5) is 15.5. The van der Waals surface area contributed by atoms with Gasteiger partial charge in [0, 0.05) is 18.8 Å². The minimum atomic E-state index is -3.75. The van der Waals surface area contributed by atoms with Gasteiger partial charge in [-0.3, -0.25) is 9.78 Å². The van der Waals surface area contributed by atoms with Crippen molar-refractivity contribution in [3.63, 3.8) is 0 Å². The first-order chi connectivity index (χ1) is 8.14. The molecule has 0 saturated heterocycles. The average Bonchev–Trinajstić information content (AvgIpc) is 2.13. The molecular formula is C10H13N3O3S2. The molecule has 1 rings (SSSR count). The number of hydrogen-bond donors (Lipinski definition) is 1. The number of thiocarbonyl (C=S) groups is 1. The van der Waals surface area contributed by atoms with Gasteiger partial charge in [-0.05, 0) is 13.0 Å². The molecule has 6 nitrogen and oxygen atoms in total. The predicted molar refractivity (Wildman–Crippen MR) is 72.9 cm³/mol.